The van der Waals surface area contributed by atoms with Gasteiger partial charge in [0.2, 0.25) is 0 Å². The van der Waals surface area contributed by atoms with E-state index in [0.717, 1.165) is 24.8 Å². The maximum atomic E-state index is 5.74. The summed E-state index contributed by atoms with van der Waals surface area (Å²) < 4.78 is 0. The van der Waals surface area contributed by atoms with Crippen molar-refractivity contribution in [1.82, 2.24) is 0 Å². The van der Waals surface area contributed by atoms with Gasteiger partial charge in [-0.25, -0.2) is 0 Å². The average Bonchev–Trinajstić information content (AvgIpc) is 2.85. The van der Waals surface area contributed by atoms with Crippen LogP contribution in [0.25, 0.3) is 0 Å². The Bertz CT molecular complexity index is 328. The highest BCUT2D eigenvalue weighted by Crippen LogP contribution is 2.33. The maximum absolute atomic E-state index is 5.74. The van der Waals surface area contributed by atoms with Crippen LogP contribution >= 0.6 is 0 Å². The van der Waals surface area contributed by atoms with Crippen molar-refractivity contribution in [3.05, 3.63) is 35.4 Å². The Morgan fingerprint density at radius 1 is 1.06 bits per heavy atom. The van der Waals surface area contributed by atoms with Gasteiger partial charge in [-0.1, -0.05) is 37.6 Å². The van der Waals surface area contributed by atoms with Crippen LogP contribution in [0, 0.1) is 11.8 Å². The first-order chi connectivity index (χ1) is 8.31. The Balaban J connectivity index is 1.78. The zero-order valence-corrected chi connectivity index (χ0v) is 11.0. The smallest absolute Gasteiger partial charge is 0.00488 e. The molecule has 2 unspecified atom stereocenters. The molecule has 0 radical (unpaired) electrons. The molecule has 94 valence electrons. The molecule has 0 amide bonds. The van der Waals surface area contributed by atoms with Crippen molar-refractivity contribution in [3.8, 4) is 0 Å². The van der Waals surface area contributed by atoms with Gasteiger partial charge in [-0.3, -0.25) is 0 Å². The number of rotatable bonds is 5. The van der Waals surface area contributed by atoms with Crippen LogP contribution in [0.1, 0.15) is 43.7 Å². The molecule has 2 atom stereocenters. The van der Waals surface area contributed by atoms with Crippen LogP contribution < -0.4 is 5.73 Å². The van der Waals surface area contributed by atoms with E-state index in [0.29, 0.717) is 0 Å². The fourth-order valence-electron chi connectivity index (χ4n) is 2.97. The van der Waals surface area contributed by atoms with E-state index in [1.165, 1.54) is 43.2 Å². The van der Waals surface area contributed by atoms with E-state index in [-0.39, 0.29) is 0 Å². The van der Waals surface area contributed by atoms with Crippen LogP contribution in [0.4, 0.5) is 0 Å². The monoisotopic (exact) mass is 231 g/mol. The molecule has 1 aromatic carbocycles. The highest BCUT2D eigenvalue weighted by molar-refractivity contribution is 5.22. The molecule has 1 aromatic rings. The average molecular weight is 231 g/mol. The summed E-state index contributed by atoms with van der Waals surface area (Å²) in [5.41, 5.74) is 8.68. The molecule has 1 fully saturated rings. The second-order valence-corrected chi connectivity index (χ2v) is 5.49. The van der Waals surface area contributed by atoms with E-state index in [1.54, 1.807) is 0 Å². The first kappa shape index (κ1) is 12.6. The number of benzene rings is 1. The van der Waals surface area contributed by atoms with E-state index in [1.807, 2.05) is 0 Å². The lowest BCUT2D eigenvalue weighted by Crippen LogP contribution is -2.10. The van der Waals surface area contributed by atoms with Crippen LogP contribution in [0.15, 0.2) is 24.3 Å². The molecule has 1 aliphatic rings. The van der Waals surface area contributed by atoms with Crippen molar-refractivity contribution < 1.29 is 0 Å². The molecule has 0 aromatic heterocycles. The fraction of sp³-hybridized carbons (Fsp3) is 0.625. The highest BCUT2D eigenvalue weighted by atomic mass is 14.6. The predicted octanol–water partition coefficient (Wildman–Crippen LogP) is 3.56. The van der Waals surface area contributed by atoms with Gasteiger partial charge < -0.3 is 5.73 Å². The van der Waals surface area contributed by atoms with E-state index >= 15 is 0 Å². The Kier molecular flexibility index (Phi) is 4.61. The van der Waals surface area contributed by atoms with Gasteiger partial charge in [0.05, 0.1) is 0 Å². The van der Waals surface area contributed by atoms with Gasteiger partial charge in [0, 0.05) is 0 Å². The molecule has 2 N–H and O–H groups in total. The summed E-state index contributed by atoms with van der Waals surface area (Å²) in [4.78, 5) is 0. The van der Waals surface area contributed by atoms with Crippen molar-refractivity contribution in [2.24, 2.45) is 17.6 Å². The summed E-state index contributed by atoms with van der Waals surface area (Å²) in [6, 6.07) is 9.14. The number of hydrogen-bond acceptors (Lipinski definition) is 1. The predicted molar refractivity (Wildman–Crippen MR) is 74.0 cm³/mol. The number of aryl methyl sites for hydroxylation is 2. The highest BCUT2D eigenvalue weighted by Gasteiger charge is 2.22. The zero-order valence-electron chi connectivity index (χ0n) is 11.0. The van der Waals surface area contributed by atoms with Gasteiger partial charge in [-0.2, -0.15) is 0 Å². The van der Waals surface area contributed by atoms with Crippen LogP contribution in [-0.2, 0) is 12.8 Å². The number of hydrogen-bond donors (Lipinski definition) is 1. The molecule has 0 bridgehead atoms. The molecular weight excluding hydrogens is 206 g/mol. The molecule has 0 heterocycles. The molecule has 1 heteroatoms. The molecule has 0 spiro atoms. The van der Waals surface area contributed by atoms with Gasteiger partial charge in [-0.05, 0) is 61.6 Å². The van der Waals surface area contributed by atoms with Gasteiger partial charge in [0.1, 0.15) is 0 Å². The maximum Gasteiger partial charge on any atom is -0.00488 e. The second-order valence-electron chi connectivity index (χ2n) is 5.49. The molecular formula is C16H25N. The SMILES string of the molecule is CCc1ccc(CCC2CCC(CN)C2)cc1. The minimum absolute atomic E-state index is 0.808. The van der Waals surface area contributed by atoms with E-state index < -0.39 is 0 Å². The van der Waals surface area contributed by atoms with Crippen molar-refractivity contribution >= 4 is 0 Å². The first-order valence-corrected chi connectivity index (χ1v) is 7.09. The minimum atomic E-state index is 0.808. The van der Waals surface area contributed by atoms with Crippen molar-refractivity contribution in [2.75, 3.05) is 6.54 Å². The molecule has 1 nitrogen and oxygen atoms in total. The molecule has 1 aliphatic carbocycles. The summed E-state index contributed by atoms with van der Waals surface area (Å²) in [6.45, 7) is 3.10. The normalized spacial score (nSPS) is 24.1. The van der Waals surface area contributed by atoms with Crippen molar-refractivity contribution in [2.45, 2.75) is 45.4 Å². The minimum Gasteiger partial charge on any atom is -0.330 e. The molecule has 17 heavy (non-hydrogen) atoms. The standard InChI is InChI=1S/C16H25N/c1-2-13-3-5-14(6-4-13)7-8-15-9-10-16(11-15)12-17/h3-6,15-16H,2,7-12,17H2,1H3. The van der Waals surface area contributed by atoms with Crippen LogP contribution in [-0.4, -0.2) is 6.54 Å². The molecule has 2 rings (SSSR count). The zero-order chi connectivity index (χ0) is 12.1. The molecule has 0 saturated heterocycles. The Labute approximate surface area is 105 Å². The van der Waals surface area contributed by atoms with Crippen LogP contribution in [0.5, 0.6) is 0 Å². The number of nitrogens with two attached hydrogens (primary N) is 1. The summed E-state index contributed by atoms with van der Waals surface area (Å²) in [5, 5.41) is 0. The quantitative estimate of drug-likeness (QED) is 0.824. The lowest BCUT2D eigenvalue weighted by Gasteiger charge is -2.10. The Hall–Kier alpha value is -0.820. The second kappa shape index (κ2) is 6.20. The first-order valence-electron chi connectivity index (χ1n) is 7.09. The van der Waals surface area contributed by atoms with Gasteiger partial charge in [0.25, 0.3) is 0 Å². The Morgan fingerprint density at radius 3 is 2.29 bits per heavy atom. The van der Waals surface area contributed by atoms with E-state index in [4.69, 9.17) is 5.73 Å². The van der Waals surface area contributed by atoms with Gasteiger partial charge in [0.15, 0.2) is 0 Å². The summed E-state index contributed by atoms with van der Waals surface area (Å²) in [5.74, 6) is 1.73. The van der Waals surface area contributed by atoms with Crippen molar-refractivity contribution in [1.29, 1.82) is 0 Å². The fourth-order valence-corrected chi connectivity index (χ4v) is 2.97. The third kappa shape index (κ3) is 3.57. The lowest BCUT2D eigenvalue weighted by atomic mass is 9.96. The van der Waals surface area contributed by atoms with Crippen LogP contribution in [0.2, 0.25) is 0 Å². The van der Waals surface area contributed by atoms with Crippen LogP contribution in [0.3, 0.4) is 0 Å². The van der Waals surface area contributed by atoms with E-state index in [9.17, 15) is 0 Å². The van der Waals surface area contributed by atoms with Gasteiger partial charge >= 0.3 is 0 Å². The molecule has 0 aliphatic heterocycles. The topological polar surface area (TPSA) is 26.0 Å². The summed E-state index contributed by atoms with van der Waals surface area (Å²) >= 11 is 0. The van der Waals surface area contributed by atoms with Gasteiger partial charge in [-0.15, -0.1) is 0 Å². The third-order valence-corrected chi connectivity index (χ3v) is 4.26. The third-order valence-electron chi connectivity index (χ3n) is 4.26. The van der Waals surface area contributed by atoms with Crippen molar-refractivity contribution in [3.63, 3.8) is 0 Å². The summed E-state index contributed by atoms with van der Waals surface area (Å²) in [6.07, 6.45) is 7.85. The molecule has 1 saturated carbocycles. The Morgan fingerprint density at radius 2 is 1.71 bits per heavy atom. The van der Waals surface area contributed by atoms with E-state index in [2.05, 4.69) is 31.2 Å². The summed E-state index contributed by atoms with van der Waals surface area (Å²) in [7, 11) is 0. The lowest BCUT2D eigenvalue weighted by molar-refractivity contribution is 0.469. The largest absolute Gasteiger partial charge is 0.330 e.